The number of hydrogen-bond donors (Lipinski definition) is 1. The fourth-order valence-corrected chi connectivity index (χ4v) is 3.82. The average molecular weight is 277 g/mol. The fraction of sp³-hybridized carbons (Fsp3) is 0.667. The van der Waals surface area contributed by atoms with Crippen molar-refractivity contribution in [3.63, 3.8) is 0 Å². The SMILES string of the molecule is O=C1[C@H]2CC=CC[C@H]2C(=O)N1CC1(C(=O)O)CCCC1. The van der Waals surface area contributed by atoms with E-state index in [0.29, 0.717) is 25.7 Å². The zero-order valence-corrected chi connectivity index (χ0v) is 11.4. The summed E-state index contributed by atoms with van der Waals surface area (Å²) in [5, 5.41) is 9.49. The van der Waals surface area contributed by atoms with Gasteiger partial charge in [0.2, 0.25) is 11.8 Å². The molecule has 0 spiro atoms. The third kappa shape index (κ3) is 1.87. The molecule has 0 radical (unpaired) electrons. The number of fused-ring (bicyclic) bond motifs is 1. The van der Waals surface area contributed by atoms with Crippen LogP contribution < -0.4 is 0 Å². The second-order valence-corrected chi connectivity index (χ2v) is 6.21. The van der Waals surface area contributed by atoms with Gasteiger partial charge >= 0.3 is 5.97 Å². The van der Waals surface area contributed by atoms with E-state index in [2.05, 4.69) is 0 Å². The van der Waals surface area contributed by atoms with Crippen molar-refractivity contribution >= 4 is 17.8 Å². The molecular weight excluding hydrogens is 258 g/mol. The van der Waals surface area contributed by atoms with Gasteiger partial charge in [0, 0.05) is 6.54 Å². The van der Waals surface area contributed by atoms with Crippen LogP contribution in [0.25, 0.3) is 0 Å². The summed E-state index contributed by atoms with van der Waals surface area (Å²) in [4.78, 5) is 37.6. The minimum atomic E-state index is -0.910. The van der Waals surface area contributed by atoms with Gasteiger partial charge in [0.1, 0.15) is 0 Å². The molecular formula is C15H19NO4. The highest BCUT2D eigenvalue weighted by molar-refractivity contribution is 6.05. The van der Waals surface area contributed by atoms with Crippen LogP contribution in [0.3, 0.4) is 0 Å². The van der Waals surface area contributed by atoms with Crippen LogP contribution in [0.5, 0.6) is 0 Å². The van der Waals surface area contributed by atoms with Gasteiger partial charge in [0.25, 0.3) is 0 Å². The molecule has 2 atom stereocenters. The zero-order valence-electron chi connectivity index (χ0n) is 11.4. The Morgan fingerprint density at radius 1 is 1.15 bits per heavy atom. The summed E-state index contributed by atoms with van der Waals surface area (Å²) in [5.41, 5.74) is -0.910. The van der Waals surface area contributed by atoms with E-state index in [-0.39, 0.29) is 30.2 Å². The Morgan fingerprint density at radius 2 is 1.65 bits per heavy atom. The van der Waals surface area contributed by atoms with Crippen LogP contribution in [-0.2, 0) is 14.4 Å². The summed E-state index contributed by atoms with van der Waals surface area (Å²) < 4.78 is 0. The second-order valence-electron chi connectivity index (χ2n) is 6.21. The van der Waals surface area contributed by atoms with Gasteiger partial charge in [-0.25, -0.2) is 0 Å². The lowest BCUT2D eigenvalue weighted by Crippen LogP contribution is -2.44. The number of aliphatic carboxylic acids is 1. The standard InChI is InChI=1S/C15H19NO4/c17-12-10-5-1-2-6-11(10)13(18)16(12)9-15(14(19)20)7-3-4-8-15/h1-2,10-11H,3-9H2,(H,19,20)/t10-,11+. The van der Waals surface area contributed by atoms with Gasteiger partial charge < -0.3 is 5.11 Å². The smallest absolute Gasteiger partial charge is 0.311 e. The maximum absolute atomic E-state index is 12.4. The molecule has 0 aromatic rings. The molecule has 5 nitrogen and oxygen atoms in total. The van der Waals surface area contributed by atoms with E-state index < -0.39 is 11.4 Å². The van der Waals surface area contributed by atoms with Gasteiger partial charge in [-0.05, 0) is 25.7 Å². The first-order valence-corrected chi connectivity index (χ1v) is 7.29. The van der Waals surface area contributed by atoms with E-state index in [1.54, 1.807) is 0 Å². The number of carbonyl (C=O) groups is 3. The number of nitrogens with zero attached hydrogens (tertiary/aromatic N) is 1. The summed E-state index contributed by atoms with van der Waals surface area (Å²) in [5.74, 6) is -1.74. The maximum Gasteiger partial charge on any atom is 0.311 e. The monoisotopic (exact) mass is 277 g/mol. The lowest BCUT2D eigenvalue weighted by atomic mass is 9.85. The van der Waals surface area contributed by atoms with Crippen molar-refractivity contribution in [2.24, 2.45) is 17.3 Å². The van der Waals surface area contributed by atoms with Crippen LogP contribution in [0.15, 0.2) is 12.2 Å². The fourth-order valence-electron chi connectivity index (χ4n) is 3.82. The molecule has 20 heavy (non-hydrogen) atoms. The van der Waals surface area contributed by atoms with E-state index >= 15 is 0 Å². The highest BCUT2D eigenvalue weighted by Gasteiger charge is 2.52. The van der Waals surface area contributed by atoms with E-state index in [4.69, 9.17) is 0 Å². The summed E-state index contributed by atoms with van der Waals surface area (Å²) in [7, 11) is 0. The van der Waals surface area contributed by atoms with E-state index in [9.17, 15) is 19.5 Å². The quantitative estimate of drug-likeness (QED) is 0.628. The third-order valence-corrected chi connectivity index (χ3v) is 5.07. The minimum Gasteiger partial charge on any atom is -0.481 e. The highest BCUT2D eigenvalue weighted by Crippen LogP contribution is 2.42. The minimum absolute atomic E-state index is 0.0625. The van der Waals surface area contributed by atoms with E-state index in [1.165, 1.54) is 4.90 Å². The second kappa shape index (κ2) is 4.72. The maximum atomic E-state index is 12.4. The predicted octanol–water partition coefficient (Wildman–Crippen LogP) is 1.58. The number of carboxylic acid groups (broad SMARTS) is 1. The Balaban J connectivity index is 1.82. The molecule has 1 saturated carbocycles. The topological polar surface area (TPSA) is 74.7 Å². The van der Waals surface area contributed by atoms with Crippen molar-refractivity contribution in [2.45, 2.75) is 38.5 Å². The average Bonchev–Trinajstić information content (AvgIpc) is 3.01. The first kappa shape index (κ1) is 13.3. The lowest BCUT2D eigenvalue weighted by Gasteiger charge is -2.28. The summed E-state index contributed by atoms with van der Waals surface area (Å²) in [6.45, 7) is 0.0625. The first-order valence-electron chi connectivity index (χ1n) is 7.29. The van der Waals surface area contributed by atoms with E-state index in [1.807, 2.05) is 12.2 Å². The number of likely N-dealkylation sites (tertiary alicyclic amines) is 1. The van der Waals surface area contributed by atoms with E-state index in [0.717, 1.165) is 12.8 Å². The van der Waals surface area contributed by atoms with Crippen LogP contribution in [0, 0.1) is 17.3 Å². The van der Waals surface area contributed by atoms with Crippen LogP contribution in [-0.4, -0.2) is 34.3 Å². The number of hydrogen-bond acceptors (Lipinski definition) is 3. The summed E-state index contributed by atoms with van der Waals surface area (Å²) in [6.07, 6.45) is 7.93. The number of imide groups is 1. The van der Waals surface area contributed by atoms with Crippen molar-refractivity contribution in [1.29, 1.82) is 0 Å². The van der Waals surface area contributed by atoms with Crippen molar-refractivity contribution < 1.29 is 19.5 Å². The number of allylic oxidation sites excluding steroid dienone is 2. The lowest BCUT2D eigenvalue weighted by molar-refractivity contribution is -0.153. The molecule has 2 amide bonds. The molecule has 1 heterocycles. The Bertz CT molecular complexity index is 464. The Hall–Kier alpha value is -1.65. The predicted molar refractivity (Wildman–Crippen MR) is 70.6 cm³/mol. The molecule has 0 bridgehead atoms. The Morgan fingerprint density at radius 3 is 2.10 bits per heavy atom. The molecule has 1 aliphatic heterocycles. The third-order valence-electron chi connectivity index (χ3n) is 5.07. The number of carboxylic acids is 1. The van der Waals surface area contributed by atoms with Crippen molar-refractivity contribution in [1.82, 2.24) is 4.90 Å². The molecule has 0 aromatic heterocycles. The zero-order chi connectivity index (χ0) is 14.3. The molecule has 1 saturated heterocycles. The van der Waals surface area contributed by atoms with Crippen LogP contribution in [0.1, 0.15) is 38.5 Å². The van der Waals surface area contributed by atoms with Crippen molar-refractivity contribution in [3.8, 4) is 0 Å². The van der Waals surface area contributed by atoms with Crippen LogP contribution in [0.2, 0.25) is 0 Å². The molecule has 2 fully saturated rings. The number of carbonyl (C=O) groups excluding carboxylic acids is 2. The Kier molecular flexibility index (Phi) is 3.15. The molecule has 3 rings (SSSR count). The van der Waals surface area contributed by atoms with Gasteiger partial charge in [0.15, 0.2) is 0 Å². The van der Waals surface area contributed by atoms with Gasteiger partial charge in [0.05, 0.1) is 17.3 Å². The Labute approximate surface area is 117 Å². The van der Waals surface area contributed by atoms with Gasteiger partial charge in [-0.15, -0.1) is 0 Å². The van der Waals surface area contributed by atoms with Crippen LogP contribution in [0.4, 0.5) is 0 Å². The molecule has 0 aromatic carbocycles. The summed E-state index contributed by atoms with van der Waals surface area (Å²) in [6, 6.07) is 0. The number of rotatable bonds is 3. The van der Waals surface area contributed by atoms with Crippen molar-refractivity contribution in [3.05, 3.63) is 12.2 Å². The number of amides is 2. The molecule has 2 aliphatic carbocycles. The first-order chi connectivity index (χ1) is 9.55. The molecule has 3 aliphatic rings. The van der Waals surface area contributed by atoms with Crippen LogP contribution >= 0.6 is 0 Å². The van der Waals surface area contributed by atoms with Gasteiger partial charge in [-0.1, -0.05) is 25.0 Å². The molecule has 1 N–H and O–H groups in total. The van der Waals surface area contributed by atoms with Crippen molar-refractivity contribution in [2.75, 3.05) is 6.54 Å². The largest absolute Gasteiger partial charge is 0.481 e. The molecule has 108 valence electrons. The molecule has 5 heteroatoms. The van der Waals surface area contributed by atoms with Gasteiger partial charge in [-0.2, -0.15) is 0 Å². The highest BCUT2D eigenvalue weighted by atomic mass is 16.4. The molecule has 0 unspecified atom stereocenters. The summed E-state index contributed by atoms with van der Waals surface area (Å²) >= 11 is 0. The normalized spacial score (nSPS) is 31.7. The van der Waals surface area contributed by atoms with Gasteiger partial charge in [-0.3, -0.25) is 19.3 Å².